The Morgan fingerprint density at radius 3 is 3.18 bits per heavy atom. The normalized spacial score (nSPS) is 15.4. The Labute approximate surface area is 105 Å². The molecule has 1 fully saturated rings. The molecule has 1 aromatic heterocycles. The van der Waals surface area contributed by atoms with Gasteiger partial charge in [-0.25, -0.2) is 4.68 Å². The third-order valence-corrected chi connectivity index (χ3v) is 3.41. The smallest absolute Gasteiger partial charge is 0.211 e. The van der Waals surface area contributed by atoms with Crippen LogP contribution in [0.15, 0.2) is 5.16 Å². The molecule has 1 aromatic rings. The maximum atomic E-state index is 5.55. The van der Waals surface area contributed by atoms with Crippen LogP contribution in [0.4, 0.5) is 0 Å². The number of hydrogen-bond donors (Lipinski definition) is 1. The molecular formula is C10H19N5OS. The average Bonchev–Trinajstić information content (AvgIpc) is 3.06. The number of likely N-dealkylation sites (N-methyl/N-ethyl adjacent to an activating group) is 1. The van der Waals surface area contributed by atoms with Crippen LogP contribution in [-0.4, -0.2) is 45.8 Å². The number of hydrogen-bond acceptors (Lipinski definition) is 6. The van der Waals surface area contributed by atoms with Crippen LogP contribution >= 0.6 is 11.8 Å². The molecule has 0 spiro atoms. The first kappa shape index (κ1) is 12.8. The molecule has 1 saturated carbocycles. The van der Waals surface area contributed by atoms with Gasteiger partial charge < -0.3 is 10.1 Å². The van der Waals surface area contributed by atoms with Gasteiger partial charge in [-0.05, 0) is 35.7 Å². The summed E-state index contributed by atoms with van der Waals surface area (Å²) in [6.45, 7) is 5.62. The van der Waals surface area contributed by atoms with E-state index in [-0.39, 0.29) is 0 Å². The van der Waals surface area contributed by atoms with Crippen molar-refractivity contribution in [3.63, 3.8) is 0 Å². The van der Waals surface area contributed by atoms with Gasteiger partial charge in [0.25, 0.3) is 0 Å². The third-order valence-electron chi connectivity index (χ3n) is 2.57. The maximum absolute atomic E-state index is 5.55. The van der Waals surface area contributed by atoms with Gasteiger partial charge in [-0.15, -0.1) is 5.10 Å². The summed E-state index contributed by atoms with van der Waals surface area (Å²) in [6.07, 6.45) is 2.65. The summed E-state index contributed by atoms with van der Waals surface area (Å²) in [7, 11) is 0. The fraction of sp³-hybridized carbons (Fsp3) is 0.900. The first-order valence-electron chi connectivity index (χ1n) is 6.07. The van der Waals surface area contributed by atoms with Crippen molar-refractivity contribution in [2.45, 2.75) is 31.5 Å². The highest BCUT2D eigenvalue weighted by Gasteiger charge is 2.21. The summed E-state index contributed by atoms with van der Waals surface area (Å²) < 4.78 is 7.36. The molecule has 0 amide bonds. The molecule has 0 radical (unpaired) electrons. The number of tetrazole rings is 1. The van der Waals surface area contributed by atoms with E-state index in [0.717, 1.165) is 37.3 Å². The quantitative estimate of drug-likeness (QED) is 0.400. The molecule has 2 rings (SSSR count). The van der Waals surface area contributed by atoms with Crippen LogP contribution in [0.1, 0.15) is 19.8 Å². The highest BCUT2D eigenvalue weighted by Crippen LogP contribution is 2.29. The molecule has 1 N–H and O–H groups in total. The van der Waals surface area contributed by atoms with Gasteiger partial charge in [0.05, 0.1) is 19.1 Å². The Morgan fingerprint density at radius 1 is 1.53 bits per heavy atom. The first-order valence-corrected chi connectivity index (χ1v) is 7.06. The van der Waals surface area contributed by atoms with Crippen molar-refractivity contribution < 1.29 is 4.74 Å². The van der Waals surface area contributed by atoms with Crippen molar-refractivity contribution in [3.05, 3.63) is 0 Å². The van der Waals surface area contributed by atoms with Crippen LogP contribution in [0.2, 0.25) is 0 Å². The minimum atomic E-state index is 0.637. The van der Waals surface area contributed by atoms with Crippen LogP contribution < -0.4 is 5.32 Å². The molecule has 17 heavy (non-hydrogen) atoms. The van der Waals surface area contributed by atoms with Crippen LogP contribution in [0.5, 0.6) is 0 Å². The van der Waals surface area contributed by atoms with Crippen LogP contribution in [0, 0.1) is 5.92 Å². The van der Waals surface area contributed by atoms with E-state index in [4.69, 9.17) is 4.74 Å². The van der Waals surface area contributed by atoms with Gasteiger partial charge in [0.1, 0.15) is 0 Å². The van der Waals surface area contributed by atoms with Crippen LogP contribution in [-0.2, 0) is 11.3 Å². The third kappa shape index (κ3) is 4.61. The Hall–Kier alpha value is -0.660. The number of nitrogens with zero attached hydrogens (tertiary/aromatic N) is 4. The van der Waals surface area contributed by atoms with Crippen LogP contribution in [0.3, 0.4) is 0 Å². The molecule has 1 aliphatic carbocycles. The zero-order valence-corrected chi connectivity index (χ0v) is 10.9. The van der Waals surface area contributed by atoms with Crippen molar-refractivity contribution in [3.8, 4) is 0 Å². The summed E-state index contributed by atoms with van der Waals surface area (Å²) in [6, 6.07) is 0. The molecule has 1 heterocycles. The lowest BCUT2D eigenvalue weighted by atomic mass is 10.5. The van der Waals surface area contributed by atoms with E-state index < -0.39 is 0 Å². The Bertz CT molecular complexity index is 328. The molecule has 0 aromatic carbocycles. The number of aromatic nitrogens is 4. The van der Waals surface area contributed by atoms with E-state index in [9.17, 15) is 0 Å². The lowest BCUT2D eigenvalue weighted by Gasteiger charge is -2.05. The highest BCUT2D eigenvalue weighted by molar-refractivity contribution is 7.99. The van der Waals surface area contributed by atoms with E-state index in [1.165, 1.54) is 12.8 Å². The SMILES string of the molecule is CCNCCn1nnnc1SCOCC1CC1. The predicted molar refractivity (Wildman–Crippen MR) is 65.8 cm³/mol. The van der Waals surface area contributed by atoms with Crippen LogP contribution in [0.25, 0.3) is 0 Å². The molecule has 1 aliphatic rings. The summed E-state index contributed by atoms with van der Waals surface area (Å²) in [5.74, 6) is 1.44. The topological polar surface area (TPSA) is 64.9 Å². The zero-order chi connectivity index (χ0) is 11.9. The minimum absolute atomic E-state index is 0.637. The van der Waals surface area contributed by atoms with Gasteiger partial charge in [-0.2, -0.15) is 0 Å². The second-order valence-corrected chi connectivity index (χ2v) is 5.00. The van der Waals surface area contributed by atoms with Crippen molar-refractivity contribution >= 4 is 11.8 Å². The molecule has 0 bridgehead atoms. The van der Waals surface area contributed by atoms with Crippen molar-refractivity contribution in [2.75, 3.05) is 25.6 Å². The zero-order valence-electron chi connectivity index (χ0n) is 10.1. The second-order valence-electron chi connectivity index (χ2n) is 4.11. The van der Waals surface area contributed by atoms with E-state index in [0.29, 0.717) is 5.94 Å². The Balaban J connectivity index is 1.65. The monoisotopic (exact) mass is 257 g/mol. The fourth-order valence-electron chi connectivity index (χ4n) is 1.40. The van der Waals surface area contributed by atoms with Gasteiger partial charge in [0.2, 0.25) is 5.16 Å². The number of nitrogens with one attached hydrogen (secondary N) is 1. The largest absolute Gasteiger partial charge is 0.370 e. The molecule has 6 nitrogen and oxygen atoms in total. The number of ether oxygens (including phenoxy) is 1. The summed E-state index contributed by atoms with van der Waals surface area (Å²) in [5, 5.41) is 15.7. The van der Waals surface area contributed by atoms with Gasteiger partial charge in [-0.1, -0.05) is 18.7 Å². The van der Waals surface area contributed by atoms with Crippen molar-refractivity contribution in [1.29, 1.82) is 0 Å². The predicted octanol–water partition coefficient (Wildman–Crippen LogP) is 0.759. The lowest BCUT2D eigenvalue weighted by Crippen LogP contribution is -2.20. The average molecular weight is 257 g/mol. The van der Waals surface area contributed by atoms with Crippen molar-refractivity contribution in [1.82, 2.24) is 25.5 Å². The molecule has 7 heteroatoms. The first-order chi connectivity index (χ1) is 8.40. The minimum Gasteiger partial charge on any atom is -0.370 e. The van der Waals surface area contributed by atoms with Gasteiger partial charge in [-0.3, -0.25) is 0 Å². The maximum Gasteiger partial charge on any atom is 0.211 e. The Kier molecular flexibility index (Phi) is 5.21. The second kappa shape index (κ2) is 6.93. The van der Waals surface area contributed by atoms with E-state index >= 15 is 0 Å². The Morgan fingerprint density at radius 2 is 2.41 bits per heavy atom. The highest BCUT2D eigenvalue weighted by atomic mass is 32.2. The van der Waals surface area contributed by atoms with E-state index in [2.05, 4.69) is 27.8 Å². The standard InChI is InChI=1S/C10H19N5OS/c1-2-11-5-6-15-10(12-13-14-15)17-8-16-7-9-3-4-9/h9,11H,2-8H2,1H3. The van der Waals surface area contributed by atoms with Gasteiger partial charge >= 0.3 is 0 Å². The van der Waals surface area contributed by atoms with Gasteiger partial charge in [0.15, 0.2) is 0 Å². The fourth-order valence-corrected chi connectivity index (χ4v) is 2.05. The van der Waals surface area contributed by atoms with Gasteiger partial charge in [0, 0.05) is 6.54 Å². The molecular weight excluding hydrogens is 238 g/mol. The molecule has 0 aliphatic heterocycles. The lowest BCUT2D eigenvalue weighted by molar-refractivity contribution is 0.170. The molecule has 0 unspecified atom stereocenters. The molecule has 96 valence electrons. The number of thioether (sulfide) groups is 1. The van der Waals surface area contributed by atoms with Crippen molar-refractivity contribution in [2.24, 2.45) is 5.92 Å². The number of rotatable bonds is 9. The summed E-state index contributed by atoms with van der Waals surface area (Å²) in [4.78, 5) is 0. The summed E-state index contributed by atoms with van der Waals surface area (Å²) in [5.41, 5.74) is 0. The molecule has 0 saturated heterocycles. The van der Waals surface area contributed by atoms with E-state index in [1.54, 1.807) is 11.8 Å². The van der Waals surface area contributed by atoms with E-state index in [1.807, 2.05) is 4.68 Å². The summed E-state index contributed by atoms with van der Waals surface area (Å²) >= 11 is 1.56. The molecule has 0 atom stereocenters.